The topological polar surface area (TPSA) is 64.3 Å². The standard InChI is InChI=1S/C27H32ClN5O/c28-25-23(17-31-26-24(25)22(16-30-26)19-5-6-19)20-3-1-4-21(15-20)33-13-2-12-32(27(33)34)14-9-18-7-10-29-11-8-18/h1,3-4,15-19,29H,2,5-14H2,(H,30,31). The van der Waals surface area contributed by atoms with Gasteiger partial charge in [0.2, 0.25) is 0 Å². The summed E-state index contributed by atoms with van der Waals surface area (Å²) < 4.78 is 0. The van der Waals surface area contributed by atoms with Crippen molar-refractivity contribution in [2.24, 2.45) is 5.92 Å². The van der Waals surface area contributed by atoms with Crippen LogP contribution in [0.4, 0.5) is 10.5 Å². The number of aromatic nitrogens is 2. The van der Waals surface area contributed by atoms with E-state index >= 15 is 0 Å². The van der Waals surface area contributed by atoms with Crippen LogP contribution in [0.15, 0.2) is 36.7 Å². The molecule has 0 unspecified atom stereocenters. The lowest BCUT2D eigenvalue weighted by Gasteiger charge is -2.36. The van der Waals surface area contributed by atoms with Gasteiger partial charge in [-0.2, -0.15) is 0 Å². The quantitative estimate of drug-likeness (QED) is 0.472. The molecule has 1 aliphatic carbocycles. The molecule has 6 nitrogen and oxygen atoms in total. The molecule has 3 fully saturated rings. The summed E-state index contributed by atoms with van der Waals surface area (Å²) in [5, 5.41) is 5.22. The Hall–Kier alpha value is -2.57. The lowest BCUT2D eigenvalue weighted by atomic mass is 9.94. The monoisotopic (exact) mass is 477 g/mol. The summed E-state index contributed by atoms with van der Waals surface area (Å²) in [4.78, 5) is 25.3. The van der Waals surface area contributed by atoms with Crippen LogP contribution in [-0.2, 0) is 0 Å². The van der Waals surface area contributed by atoms with Crippen LogP contribution in [0.3, 0.4) is 0 Å². The number of fused-ring (bicyclic) bond motifs is 1. The van der Waals surface area contributed by atoms with Gasteiger partial charge in [-0.3, -0.25) is 4.90 Å². The molecule has 34 heavy (non-hydrogen) atoms. The van der Waals surface area contributed by atoms with Crippen LogP contribution in [0.2, 0.25) is 5.02 Å². The zero-order valence-electron chi connectivity index (χ0n) is 19.5. The molecule has 2 aliphatic heterocycles. The van der Waals surface area contributed by atoms with E-state index in [0.29, 0.717) is 5.92 Å². The number of aromatic amines is 1. The van der Waals surface area contributed by atoms with Crippen molar-refractivity contribution in [2.45, 2.75) is 44.4 Å². The summed E-state index contributed by atoms with van der Waals surface area (Å²) in [6.07, 6.45) is 10.9. The number of hydrogen-bond acceptors (Lipinski definition) is 3. The number of rotatable bonds is 6. The molecule has 2 amide bonds. The number of carbonyl (C=O) groups is 1. The highest BCUT2D eigenvalue weighted by atomic mass is 35.5. The lowest BCUT2D eigenvalue weighted by Crippen LogP contribution is -2.50. The van der Waals surface area contributed by atoms with Gasteiger partial charge < -0.3 is 15.2 Å². The molecule has 1 saturated carbocycles. The van der Waals surface area contributed by atoms with Crippen molar-refractivity contribution in [3.05, 3.63) is 47.2 Å². The second-order valence-electron chi connectivity index (χ2n) is 10.0. The van der Waals surface area contributed by atoms with Crippen molar-refractivity contribution in [3.63, 3.8) is 0 Å². The molecular formula is C27H32ClN5O. The number of urea groups is 1. The Labute approximate surface area is 205 Å². The number of H-pyrrole nitrogens is 1. The fourth-order valence-corrected chi connectivity index (χ4v) is 5.93. The van der Waals surface area contributed by atoms with Gasteiger partial charge in [0.05, 0.1) is 5.02 Å². The summed E-state index contributed by atoms with van der Waals surface area (Å²) in [5.74, 6) is 1.32. The van der Waals surface area contributed by atoms with Gasteiger partial charge in [-0.1, -0.05) is 23.7 Å². The van der Waals surface area contributed by atoms with Crippen LogP contribution in [0, 0.1) is 5.92 Å². The molecule has 3 aliphatic rings. The van der Waals surface area contributed by atoms with Crippen LogP contribution in [-0.4, -0.2) is 53.6 Å². The van der Waals surface area contributed by atoms with E-state index in [1.165, 1.54) is 31.2 Å². The predicted octanol–water partition coefficient (Wildman–Crippen LogP) is 5.78. The highest BCUT2D eigenvalue weighted by Gasteiger charge is 2.29. The second kappa shape index (κ2) is 9.23. The first-order chi connectivity index (χ1) is 16.7. The highest BCUT2D eigenvalue weighted by molar-refractivity contribution is 6.38. The first kappa shape index (κ1) is 21.9. The van der Waals surface area contributed by atoms with Crippen molar-refractivity contribution < 1.29 is 4.79 Å². The van der Waals surface area contributed by atoms with E-state index in [1.807, 2.05) is 28.1 Å². The summed E-state index contributed by atoms with van der Waals surface area (Å²) >= 11 is 6.95. The first-order valence-electron chi connectivity index (χ1n) is 12.7. The van der Waals surface area contributed by atoms with Crippen molar-refractivity contribution >= 4 is 34.4 Å². The van der Waals surface area contributed by atoms with Crippen molar-refractivity contribution in [1.82, 2.24) is 20.2 Å². The Morgan fingerprint density at radius 1 is 1.12 bits per heavy atom. The largest absolute Gasteiger partial charge is 0.346 e. The average Bonchev–Trinajstić information content (AvgIpc) is 3.63. The van der Waals surface area contributed by atoms with E-state index in [9.17, 15) is 4.79 Å². The van der Waals surface area contributed by atoms with Gasteiger partial charge in [-0.15, -0.1) is 0 Å². The highest BCUT2D eigenvalue weighted by Crippen LogP contribution is 2.46. The number of anilines is 1. The average molecular weight is 478 g/mol. The van der Waals surface area contributed by atoms with Crippen LogP contribution in [0.25, 0.3) is 22.2 Å². The van der Waals surface area contributed by atoms with Gasteiger partial charge in [0.25, 0.3) is 0 Å². The third-order valence-corrected chi connectivity index (χ3v) is 8.12. The molecule has 2 aromatic heterocycles. The molecule has 1 aromatic carbocycles. The SMILES string of the molecule is O=C1N(CCC2CCNCC2)CCCN1c1cccc(-c2cnc3[nH]cc(C4CC4)c3c2Cl)c1. The number of halogens is 1. The number of pyridine rings is 1. The van der Waals surface area contributed by atoms with Crippen LogP contribution < -0.4 is 10.2 Å². The first-order valence-corrected chi connectivity index (χ1v) is 13.1. The molecule has 4 heterocycles. The Morgan fingerprint density at radius 3 is 2.79 bits per heavy atom. The molecule has 178 valence electrons. The number of hydrogen-bond donors (Lipinski definition) is 2. The Bertz CT molecular complexity index is 1200. The fourth-order valence-electron chi connectivity index (χ4n) is 5.58. The summed E-state index contributed by atoms with van der Waals surface area (Å²) in [6, 6.07) is 8.32. The van der Waals surface area contributed by atoms with E-state index in [-0.39, 0.29) is 6.03 Å². The summed E-state index contributed by atoms with van der Waals surface area (Å²) in [5.41, 5.74) is 4.98. The van der Waals surface area contributed by atoms with E-state index in [1.54, 1.807) is 0 Å². The van der Waals surface area contributed by atoms with Crippen molar-refractivity contribution in [1.29, 1.82) is 0 Å². The summed E-state index contributed by atoms with van der Waals surface area (Å²) in [7, 11) is 0. The smallest absolute Gasteiger partial charge is 0.324 e. The van der Waals surface area contributed by atoms with E-state index in [0.717, 1.165) is 84.4 Å². The molecule has 3 aromatic rings. The molecule has 6 rings (SSSR count). The van der Waals surface area contributed by atoms with Gasteiger partial charge in [0.1, 0.15) is 5.65 Å². The molecule has 0 spiro atoms. The number of piperidine rings is 1. The maximum atomic E-state index is 13.4. The van der Waals surface area contributed by atoms with Crippen LogP contribution in [0.5, 0.6) is 0 Å². The number of carbonyl (C=O) groups excluding carboxylic acids is 1. The van der Waals surface area contributed by atoms with Gasteiger partial charge in [-0.05, 0) is 86.7 Å². The van der Waals surface area contributed by atoms with Gasteiger partial charge in [-0.25, -0.2) is 9.78 Å². The maximum absolute atomic E-state index is 13.4. The van der Waals surface area contributed by atoms with Crippen molar-refractivity contribution in [2.75, 3.05) is 37.6 Å². The molecule has 7 heteroatoms. The zero-order chi connectivity index (χ0) is 23.1. The molecule has 0 atom stereocenters. The van der Waals surface area contributed by atoms with E-state index in [2.05, 4.69) is 33.6 Å². The number of benzene rings is 1. The van der Waals surface area contributed by atoms with Gasteiger partial charge in [0.15, 0.2) is 0 Å². The Kier molecular flexibility index (Phi) is 5.95. The molecule has 2 saturated heterocycles. The van der Waals surface area contributed by atoms with Gasteiger partial charge in [0, 0.05) is 48.7 Å². The zero-order valence-corrected chi connectivity index (χ0v) is 20.3. The number of nitrogens with zero attached hydrogens (tertiary/aromatic N) is 3. The van der Waals surface area contributed by atoms with Crippen LogP contribution in [0.1, 0.15) is 50.0 Å². The minimum atomic E-state index is 0.124. The number of amides is 2. The number of nitrogens with one attached hydrogen (secondary N) is 2. The molecule has 0 bridgehead atoms. The third-order valence-electron chi connectivity index (χ3n) is 7.73. The lowest BCUT2D eigenvalue weighted by molar-refractivity contribution is 0.188. The molecule has 0 radical (unpaired) electrons. The minimum absolute atomic E-state index is 0.124. The Morgan fingerprint density at radius 2 is 1.97 bits per heavy atom. The van der Waals surface area contributed by atoms with Crippen LogP contribution >= 0.6 is 11.6 Å². The fraction of sp³-hybridized carbons (Fsp3) is 0.481. The van der Waals surface area contributed by atoms with E-state index < -0.39 is 0 Å². The summed E-state index contributed by atoms with van der Waals surface area (Å²) in [6.45, 7) is 4.66. The molecular weight excluding hydrogens is 446 g/mol. The third kappa shape index (κ3) is 4.18. The van der Waals surface area contributed by atoms with Crippen molar-refractivity contribution in [3.8, 4) is 11.1 Å². The minimum Gasteiger partial charge on any atom is -0.346 e. The van der Waals surface area contributed by atoms with E-state index in [4.69, 9.17) is 11.6 Å². The van der Waals surface area contributed by atoms with Gasteiger partial charge >= 0.3 is 6.03 Å². The predicted molar refractivity (Wildman–Crippen MR) is 138 cm³/mol. The second-order valence-corrected chi connectivity index (χ2v) is 10.4. The normalized spacial score (nSPS) is 19.9. The molecule has 2 N–H and O–H groups in total. The maximum Gasteiger partial charge on any atom is 0.324 e. The Balaban J connectivity index is 1.23.